The second kappa shape index (κ2) is 5.80. The molecule has 0 aliphatic heterocycles. The van der Waals surface area contributed by atoms with Crippen LogP contribution in [0.3, 0.4) is 0 Å². The van der Waals surface area contributed by atoms with E-state index in [0.29, 0.717) is 18.0 Å². The number of nitrogens with two attached hydrogens (primary N) is 1. The van der Waals surface area contributed by atoms with Crippen LogP contribution >= 0.6 is 0 Å². The Morgan fingerprint density at radius 2 is 2.17 bits per heavy atom. The lowest BCUT2D eigenvalue weighted by atomic mass is 9.87. The molecule has 5 heteroatoms. The first kappa shape index (κ1) is 12.8. The normalized spacial score (nSPS) is 16.5. The molecule has 1 aromatic rings. The van der Waals surface area contributed by atoms with Gasteiger partial charge in [-0.3, -0.25) is 4.79 Å². The van der Waals surface area contributed by atoms with Crippen molar-refractivity contribution in [1.82, 2.24) is 4.98 Å². The van der Waals surface area contributed by atoms with Crippen LogP contribution in [0.5, 0.6) is 0 Å². The topological polar surface area (TPSA) is 68.0 Å². The number of rotatable bonds is 3. The summed E-state index contributed by atoms with van der Waals surface area (Å²) in [6.45, 7) is 0. The Hall–Kier alpha value is -1.65. The number of hydrogen-bond donors (Lipinski definition) is 2. The number of carbonyl (C=O) groups is 1. The predicted octanol–water partition coefficient (Wildman–Crippen LogP) is 2.71. The number of halogens is 1. The van der Waals surface area contributed by atoms with Gasteiger partial charge in [0.15, 0.2) is 0 Å². The van der Waals surface area contributed by atoms with Gasteiger partial charge in [-0.05, 0) is 24.8 Å². The van der Waals surface area contributed by atoms with E-state index in [2.05, 4.69) is 10.3 Å². The Labute approximate surface area is 106 Å². The summed E-state index contributed by atoms with van der Waals surface area (Å²) in [6, 6.07) is 1.39. The summed E-state index contributed by atoms with van der Waals surface area (Å²) in [4.78, 5) is 15.3. The van der Waals surface area contributed by atoms with Crippen molar-refractivity contribution in [1.29, 1.82) is 0 Å². The van der Waals surface area contributed by atoms with E-state index in [1.54, 1.807) is 0 Å². The maximum absolute atomic E-state index is 13.3. The van der Waals surface area contributed by atoms with Gasteiger partial charge in [0.2, 0.25) is 11.9 Å². The molecule has 18 heavy (non-hydrogen) atoms. The number of anilines is 2. The van der Waals surface area contributed by atoms with E-state index in [1.807, 2.05) is 0 Å². The number of amides is 1. The number of hydrogen-bond acceptors (Lipinski definition) is 3. The molecule has 1 saturated carbocycles. The lowest BCUT2D eigenvalue weighted by molar-refractivity contribution is -0.117. The van der Waals surface area contributed by atoms with Crippen molar-refractivity contribution in [2.75, 3.05) is 11.1 Å². The van der Waals surface area contributed by atoms with Crippen molar-refractivity contribution in [3.63, 3.8) is 0 Å². The summed E-state index contributed by atoms with van der Waals surface area (Å²) in [6.07, 6.45) is 7.49. The predicted molar refractivity (Wildman–Crippen MR) is 68.4 cm³/mol. The highest BCUT2D eigenvalue weighted by molar-refractivity contribution is 5.91. The quantitative estimate of drug-likeness (QED) is 0.811. The fourth-order valence-corrected chi connectivity index (χ4v) is 2.41. The van der Waals surface area contributed by atoms with Gasteiger partial charge in [-0.1, -0.05) is 19.3 Å². The second-order valence-electron chi connectivity index (χ2n) is 4.86. The van der Waals surface area contributed by atoms with Crippen LogP contribution in [0.2, 0.25) is 0 Å². The van der Waals surface area contributed by atoms with Crippen LogP contribution in [0.15, 0.2) is 12.3 Å². The molecule has 0 radical (unpaired) electrons. The Kier molecular flexibility index (Phi) is 4.12. The van der Waals surface area contributed by atoms with Crippen LogP contribution in [-0.2, 0) is 4.79 Å². The molecule has 0 unspecified atom stereocenters. The molecule has 4 nitrogen and oxygen atoms in total. The number of nitrogen functional groups attached to an aromatic ring is 1. The van der Waals surface area contributed by atoms with E-state index in [-0.39, 0.29) is 11.6 Å². The zero-order chi connectivity index (χ0) is 13.0. The number of carbonyl (C=O) groups excluding carboxylic acids is 1. The smallest absolute Gasteiger partial charge is 0.236 e. The summed E-state index contributed by atoms with van der Waals surface area (Å²) in [5.41, 5.74) is 5.91. The molecule has 1 aliphatic rings. The minimum atomic E-state index is -0.693. The minimum Gasteiger partial charge on any atom is -0.397 e. The second-order valence-corrected chi connectivity index (χ2v) is 4.86. The highest BCUT2D eigenvalue weighted by Gasteiger charge is 2.18. The first-order chi connectivity index (χ1) is 8.65. The Balaban J connectivity index is 1.92. The Bertz CT molecular complexity index is 430. The van der Waals surface area contributed by atoms with Gasteiger partial charge in [0, 0.05) is 6.42 Å². The van der Waals surface area contributed by atoms with Gasteiger partial charge in [-0.15, -0.1) is 0 Å². The zero-order valence-corrected chi connectivity index (χ0v) is 10.3. The first-order valence-electron chi connectivity index (χ1n) is 6.36. The van der Waals surface area contributed by atoms with Crippen LogP contribution in [0.1, 0.15) is 38.5 Å². The van der Waals surface area contributed by atoms with Crippen LogP contribution in [0, 0.1) is 11.9 Å². The van der Waals surface area contributed by atoms with Gasteiger partial charge in [-0.25, -0.2) is 4.98 Å². The van der Waals surface area contributed by atoms with Crippen molar-refractivity contribution in [3.05, 3.63) is 18.2 Å². The third-order valence-electron chi connectivity index (χ3n) is 3.33. The van der Waals surface area contributed by atoms with Crippen molar-refractivity contribution < 1.29 is 9.18 Å². The maximum Gasteiger partial charge on any atom is 0.236 e. The average molecular weight is 251 g/mol. The molecule has 3 N–H and O–H groups in total. The van der Waals surface area contributed by atoms with Gasteiger partial charge in [0.25, 0.3) is 0 Å². The van der Waals surface area contributed by atoms with Crippen molar-refractivity contribution >= 4 is 17.3 Å². The molecule has 0 saturated heterocycles. The number of pyridine rings is 1. The number of nitrogens with zero attached hydrogens (tertiary/aromatic N) is 1. The molecule has 0 aromatic carbocycles. The van der Waals surface area contributed by atoms with E-state index < -0.39 is 5.95 Å². The third kappa shape index (κ3) is 3.42. The molecule has 1 aliphatic carbocycles. The molecular formula is C13H18FN3O. The molecule has 0 atom stereocenters. The lowest BCUT2D eigenvalue weighted by Crippen LogP contribution is -2.19. The molecule has 1 fully saturated rings. The summed E-state index contributed by atoms with van der Waals surface area (Å²) in [5.74, 6) is -0.426. The molecule has 1 amide bonds. The standard InChI is InChI=1S/C13H18FN3O/c14-13-11(7-10(15)8-16-13)17-12(18)6-9-4-2-1-3-5-9/h7-9H,1-6,15H2,(H,17,18). The van der Waals surface area contributed by atoms with Crippen molar-refractivity contribution in [2.24, 2.45) is 5.92 Å². The lowest BCUT2D eigenvalue weighted by Gasteiger charge is -2.20. The first-order valence-corrected chi connectivity index (χ1v) is 6.36. The third-order valence-corrected chi connectivity index (χ3v) is 3.33. The average Bonchev–Trinajstić information content (AvgIpc) is 2.35. The molecule has 98 valence electrons. The summed E-state index contributed by atoms with van der Waals surface area (Å²) >= 11 is 0. The molecule has 1 heterocycles. The van der Waals surface area contributed by atoms with Crippen molar-refractivity contribution in [2.45, 2.75) is 38.5 Å². The highest BCUT2D eigenvalue weighted by atomic mass is 19.1. The Morgan fingerprint density at radius 1 is 1.44 bits per heavy atom. The number of nitrogens with one attached hydrogen (secondary N) is 1. The van der Waals surface area contributed by atoms with E-state index in [9.17, 15) is 9.18 Å². The fourth-order valence-electron chi connectivity index (χ4n) is 2.41. The minimum absolute atomic E-state index is 0.0656. The van der Waals surface area contributed by atoms with Crippen LogP contribution in [0.25, 0.3) is 0 Å². The fraction of sp³-hybridized carbons (Fsp3) is 0.538. The maximum atomic E-state index is 13.3. The monoisotopic (exact) mass is 251 g/mol. The van der Waals surface area contributed by atoms with Gasteiger partial charge in [0.05, 0.1) is 17.6 Å². The molecule has 0 spiro atoms. The van der Waals surface area contributed by atoms with Gasteiger partial charge in [0.1, 0.15) is 0 Å². The summed E-state index contributed by atoms with van der Waals surface area (Å²) in [7, 11) is 0. The molecule has 2 rings (SSSR count). The van der Waals surface area contributed by atoms with Gasteiger partial charge in [-0.2, -0.15) is 4.39 Å². The number of aromatic nitrogens is 1. The van der Waals surface area contributed by atoms with Crippen molar-refractivity contribution in [3.8, 4) is 0 Å². The van der Waals surface area contributed by atoms with Crippen LogP contribution in [0.4, 0.5) is 15.8 Å². The molecule has 0 bridgehead atoms. The van der Waals surface area contributed by atoms with E-state index in [4.69, 9.17) is 5.73 Å². The van der Waals surface area contributed by atoms with Gasteiger partial charge < -0.3 is 11.1 Å². The zero-order valence-electron chi connectivity index (χ0n) is 10.3. The molecule has 1 aromatic heterocycles. The van der Waals surface area contributed by atoms with Crippen LogP contribution in [-0.4, -0.2) is 10.9 Å². The van der Waals surface area contributed by atoms with E-state index in [1.165, 1.54) is 31.5 Å². The molecular weight excluding hydrogens is 233 g/mol. The SMILES string of the molecule is Nc1cnc(F)c(NC(=O)CC2CCCCC2)c1. The highest BCUT2D eigenvalue weighted by Crippen LogP contribution is 2.26. The van der Waals surface area contributed by atoms with Gasteiger partial charge >= 0.3 is 0 Å². The largest absolute Gasteiger partial charge is 0.397 e. The van der Waals surface area contributed by atoms with E-state index >= 15 is 0 Å². The van der Waals surface area contributed by atoms with E-state index in [0.717, 1.165) is 12.8 Å². The summed E-state index contributed by atoms with van der Waals surface area (Å²) < 4.78 is 13.3. The van der Waals surface area contributed by atoms with Crippen LogP contribution < -0.4 is 11.1 Å². The summed E-state index contributed by atoms with van der Waals surface area (Å²) in [5, 5.41) is 2.54. The Morgan fingerprint density at radius 3 is 2.89 bits per heavy atom.